The Labute approximate surface area is 211 Å². The highest BCUT2D eigenvalue weighted by Gasteiger charge is 2.32. The van der Waals surface area contributed by atoms with Crippen LogP contribution in [0.4, 0.5) is 5.69 Å². The first kappa shape index (κ1) is 23.3. The zero-order valence-corrected chi connectivity index (χ0v) is 19.9. The molecule has 0 saturated carbocycles. The number of aliphatic carboxylic acids is 1. The molecule has 2 amide bonds. The van der Waals surface area contributed by atoms with Gasteiger partial charge in [0.2, 0.25) is 6.17 Å². The number of anilines is 1. The molecule has 8 nitrogen and oxygen atoms in total. The Balaban J connectivity index is 1.53. The average molecular weight is 501 g/mol. The van der Waals surface area contributed by atoms with Crippen LogP contribution in [0.5, 0.6) is 0 Å². The number of benzene rings is 3. The number of rotatable bonds is 5. The van der Waals surface area contributed by atoms with Gasteiger partial charge in [-0.2, -0.15) is 0 Å². The number of hydrogen-bond acceptors (Lipinski definition) is 4. The third kappa shape index (κ3) is 4.23. The third-order valence-corrected chi connectivity index (χ3v) is 6.34. The Morgan fingerprint density at radius 1 is 1.06 bits per heavy atom. The first-order chi connectivity index (χ1) is 17.3. The monoisotopic (exact) mass is 500 g/mol. The lowest BCUT2D eigenvalue weighted by atomic mass is 9.98. The lowest BCUT2D eigenvalue weighted by Gasteiger charge is -2.24. The minimum absolute atomic E-state index is 0.312. The number of hydrogen-bond donors (Lipinski definition) is 2. The lowest BCUT2D eigenvalue weighted by Crippen LogP contribution is -2.49. The molecule has 1 aliphatic heterocycles. The maximum Gasteiger partial charge on any atom is 0.323 e. The molecule has 5 rings (SSSR count). The molecule has 2 N–H and O–H groups in total. The van der Waals surface area contributed by atoms with Crippen molar-refractivity contribution < 1.29 is 19.5 Å². The number of aryl methyl sites for hydroxylation is 1. The third-order valence-electron chi connectivity index (χ3n) is 6.11. The van der Waals surface area contributed by atoms with Crippen LogP contribution in [0.2, 0.25) is 5.02 Å². The second-order valence-corrected chi connectivity index (χ2v) is 8.80. The van der Waals surface area contributed by atoms with Crippen LogP contribution in [-0.2, 0) is 16.6 Å². The molecule has 1 aliphatic rings. The van der Waals surface area contributed by atoms with Crippen LogP contribution in [0.1, 0.15) is 16.1 Å². The van der Waals surface area contributed by atoms with Gasteiger partial charge in [-0.15, -0.1) is 0 Å². The van der Waals surface area contributed by atoms with E-state index in [0.717, 1.165) is 26.9 Å². The van der Waals surface area contributed by atoms with Gasteiger partial charge in [0.05, 0.1) is 5.69 Å². The normalized spacial score (nSPS) is 15.0. The van der Waals surface area contributed by atoms with Crippen molar-refractivity contribution in [2.24, 2.45) is 12.0 Å². The smallest absolute Gasteiger partial charge is 0.323 e. The van der Waals surface area contributed by atoms with E-state index >= 15 is 0 Å². The summed E-state index contributed by atoms with van der Waals surface area (Å²) in [5, 5.41) is 13.5. The molecule has 0 saturated heterocycles. The van der Waals surface area contributed by atoms with E-state index in [2.05, 4.69) is 10.3 Å². The van der Waals surface area contributed by atoms with Crippen molar-refractivity contribution in [2.75, 3.05) is 11.4 Å². The summed E-state index contributed by atoms with van der Waals surface area (Å²) < 4.78 is 1.70. The van der Waals surface area contributed by atoms with Gasteiger partial charge in [0.25, 0.3) is 11.8 Å². The van der Waals surface area contributed by atoms with Crippen molar-refractivity contribution in [1.82, 2.24) is 9.88 Å². The molecular weight excluding hydrogens is 480 g/mol. The van der Waals surface area contributed by atoms with E-state index in [1.165, 1.54) is 6.21 Å². The maximum absolute atomic E-state index is 13.5. The number of aliphatic imine (C=N–C) groups is 1. The Morgan fingerprint density at radius 3 is 2.58 bits per heavy atom. The summed E-state index contributed by atoms with van der Waals surface area (Å²) in [4.78, 5) is 43.9. The number of carbonyl (C=O) groups is 3. The van der Waals surface area contributed by atoms with Crippen molar-refractivity contribution in [1.29, 1.82) is 0 Å². The highest BCUT2D eigenvalue weighted by atomic mass is 35.5. The molecule has 0 radical (unpaired) electrons. The fraction of sp³-hybridized carbons (Fsp3) is 0.111. The van der Waals surface area contributed by atoms with E-state index in [9.17, 15) is 19.5 Å². The highest BCUT2D eigenvalue weighted by molar-refractivity contribution is 6.31. The van der Waals surface area contributed by atoms with Crippen LogP contribution in [0.3, 0.4) is 0 Å². The predicted octanol–water partition coefficient (Wildman–Crippen LogP) is 4.10. The van der Waals surface area contributed by atoms with Crippen molar-refractivity contribution >= 4 is 52.2 Å². The van der Waals surface area contributed by atoms with Crippen molar-refractivity contribution in [3.8, 4) is 11.1 Å². The van der Waals surface area contributed by atoms with Crippen molar-refractivity contribution in [3.63, 3.8) is 0 Å². The molecule has 0 aliphatic carbocycles. The number of fused-ring (bicyclic) bond motifs is 2. The molecule has 3 aromatic carbocycles. The minimum atomic E-state index is -1.31. The number of amides is 2. The number of aromatic nitrogens is 1. The molecule has 1 atom stereocenters. The number of nitrogens with zero attached hydrogens (tertiary/aromatic N) is 3. The van der Waals surface area contributed by atoms with Crippen LogP contribution in [0, 0.1) is 0 Å². The van der Waals surface area contributed by atoms with Gasteiger partial charge in [0.15, 0.2) is 0 Å². The first-order valence-corrected chi connectivity index (χ1v) is 11.5. The summed E-state index contributed by atoms with van der Waals surface area (Å²) in [7, 11) is 1.74. The van der Waals surface area contributed by atoms with Gasteiger partial charge in [0.1, 0.15) is 12.2 Å². The first-order valence-electron chi connectivity index (χ1n) is 11.1. The molecule has 2 heterocycles. The molecule has 0 spiro atoms. The van der Waals surface area contributed by atoms with Gasteiger partial charge in [-0.25, -0.2) is 0 Å². The molecule has 9 heteroatoms. The van der Waals surface area contributed by atoms with E-state index < -0.39 is 30.5 Å². The zero-order valence-electron chi connectivity index (χ0n) is 19.2. The van der Waals surface area contributed by atoms with Crippen LogP contribution < -0.4 is 10.2 Å². The van der Waals surface area contributed by atoms with Gasteiger partial charge in [-0.05, 0) is 41.5 Å². The summed E-state index contributed by atoms with van der Waals surface area (Å²) in [6, 6.07) is 21.8. The maximum atomic E-state index is 13.5. The van der Waals surface area contributed by atoms with E-state index in [4.69, 9.17) is 11.6 Å². The average Bonchev–Trinajstić information content (AvgIpc) is 3.13. The van der Waals surface area contributed by atoms with Crippen LogP contribution in [0.25, 0.3) is 22.0 Å². The number of carboxylic acid groups (broad SMARTS) is 1. The van der Waals surface area contributed by atoms with Crippen LogP contribution >= 0.6 is 11.6 Å². The molecule has 0 fully saturated rings. The number of carbonyl (C=O) groups excluding carboxylic acids is 2. The van der Waals surface area contributed by atoms with Crippen LogP contribution in [0.15, 0.2) is 77.8 Å². The van der Waals surface area contributed by atoms with Gasteiger partial charge >= 0.3 is 5.97 Å². The summed E-state index contributed by atoms with van der Waals surface area (Å²) in [5.74, 6) is -2.35. The fourth-order valence-electron chi connectivity index (χ4n) is 4.41. The molecule has 4 aromatic rings. The SMILES string of the molecule is Cn1c(C(=O)NC2N=Cc3c(-c4ccccc4)cccc3N(CC(=O)O)C2=O)cc2cc(Cl)ccc21. The minimum Gasteiger partial charge on any atom is -0.480 e. The Bertz CT molecular complexity index is 1540. The largest absolute Gasteiger partial charge is 0.480 e. The Kier molecular flexibility index (Phi) is 6.03. The number of carboxylic acids is 1. The molecule has 1 unspecified atom stereocenters. The molecule has 0 bridgehead atoms. The molecule has 180 valence electrons. The Morgan fingerprint density at radius 2 is 1.83 bits per heavy atom. The van der Waals surface area contributed by atoms with Crippen molar-refractivity contribution in [3.05, 3.63) is 89.1 Å². The van der Waals surface area contributed by atoms with E-state index in [-0.39, 0.29) is 0 Å². The van der Waals surface area contributed by atoms with Gasteiger partial charge < -0.3 is 15.0 Å². The number of benzodiazepines with no additional fused rings is 1. The number of nitrogens with one attached hydrogen (secondary N) is 1. The highest BCUT2D eigenvalue weighted by Crippen LogP contribution is 2.32. The predicted molar refractivity (Wildman–Crippen MR) is 139 cm³/mol. The zero-order chi connectivity index (χ0) is 25.4. The lowest BCUT2D eigenvalue weighted by molar-refractivity contribution is -0.136. The summed E-state index contributed by atoms with van der Waals surface area (Å²) in [5.41, 5.74) is 3.79. The quantitative estimate of drug-likeness (QED) is 0.430. The fourth-order valence-corrected chi connectivity index (χ4v) is 4.59. The van der Waals surface area contributed by atoms with E-state index in [0.29, 0.717) is 22.0 Å². The summed E-state index contributed by atoms with van der Waals surface area (Å²) >= 11 is 6.08. The second-order valence-electron chi connectivity index (χ2n) is 8.37. The molecule has 1 aromatic heterocycles. The summed E-state index contributed by atoms with van der Waals surface area (Å²) in [6.07, 6.45) is 0.207. The van der Waals surface area contributed by atoms with E-state index in [1.54, 1.807) is 48.0 Å². The van der Waals surface area contributed by atoms with E-state index in [1.807, 2.05) is 36.4 Å². The second kappa shape index (κ2) is 9.31. The Hall–Kier alpha value is -4.43. The van der Waals surface area contributed by atoms with Gasteiger partial charge in [0, 0.05) is 34.8 Å². The topological polar surface area (TPSA) is 104 Å². The van der Waals surface area contributed by atoms with Gasteiger partial charge in [-0.1, -0.05) is 54.1 Å². The molecular formula is C27H21ClN4O4. The van der Waals surface area contributed by atoms with Gasteiger partial charge in [-0.3, -0.25) is 24.3 Å². The standard InChI is InChI=1S/C27H21ClN4O4/c1-31-21-11-10-18(28)12-17(21)13-23(31)26(35)30-25-27(36)32(15-24(33)34)22-9-5-8-19(20(22)14-29-25)16-6-3-2-4-7-16/h2-14,25H,15H2,1H3,(H,30,35)(H,33,34). The summed E-state index contributed by atoms with van der Waals surface area (Å²) in [6.45, 7) is -0.577. The van der Waals surface area contributed by atoms with Crippen molar-refractivity contribution in [2.45, 2.75) is 6.17 Å². The number of halogens is 1. The molecule has 36 heavy (non-hydrogen) atoms. The van der Waals surface area contributed by atoms with Crippen LogP contribution in [-0.4, -0.2) is 46.4 Å².